The van der Waals surface area contributed by atoms with Gasteiger partial charge in [0.05, 0.1) is 11.2 Å². The fourth-order valence-corrected chi connectivity index (χ4v) is 6.65. The van der Waals surface area contributed by atoms with Crippen LogP contribution in [0.4, 0.5) is 8.68 Å². The normalized spacial score (nSPS) is 19.3. The number of rotatable bonds is 7. The highest BCUT2D eigenvalue weighted by Crippen LogP contribution is 2.44. The highest BCUT2D eigenvalue weighted by molar-refractivity contribution is 7.81. The number of carbonyl (C=O) groups is 1. The molecule has 0 bridgehead atoms. The lowest BCUT2D eigenvalue weighted by Gasteiger charge is -2.34. The zero-order valence-electron chi connectivity index (χ0n) is 26.2. The summed E-state index contributed by atoms with van der Waals surface area (Å²) in [6, 6.07) is 19.4. The van der Waals surface area contributed by atoms with Gasteiger partial charge >= 0.3 is 23.7 Å². The third-order valence-corrected chi connectivity index (χ3v) is 9.98. The number of halogens is 1. The zero-order valence-corrected chi connectivity index (χ0v) is 27.0. The maximum Gasteiger partial charge on any atom is 0.495 e. The number of ether oxygens (including phenoxy) is 1. The first-order valence-corrected chi connectivity index (χ1v) is 16.5. The van der Waals surface area contributed by atoms with E-state index in [1.54, 1.807) is 4.90 Å². The molecule has 0 atom stereocenters. The van der Waals surface area contributed by atoms with Gasteiger partial charge in [0.15, 0.2) is 0 Å². The molecule has 6 rings (SSSR count). The second kappa shape index (κ2) is 11.7. The summed E-state index contributed by atoms with van der Waals surface area (Å²) < 4.78 is 59.2. The Hall–Kier alpha value is -3.45. The predicted octanol–water partition coefficient (Wildman–Crippen LogP) is 4.95. The largest absolute Gasteiger partial charge is 0.495 e. The van der Waals surface area contributed by atoms with E-state index in [4.69, 9.17) is 14.0 Å². The van der Waals surface area contributed by atoms with E-state index in [0.717, 1.165) is 11.1 Å². The summed E-state index contributed by atoms with van der Waals surface area (Å²) in [5, 5.41) is 0. The minimum absolute atomic E-state index is 0.00795. The molecule has 0 spiro atoms. The first kappa shape index (κ1) is 31.5. The van der Waals surface area contributed by atoms with Crippen LogP contribution in [-0.2, 0) is 31.1 Å². The van der Waals surface area contributed by atoms with E-state index in [0.29, 0.717) is 38.2 Å². The second-order valence-electron chi connectivity index (χ2n) is 12.9. The minimum atomic E-state index is -5.24. The molecule has 238 valence electrons. The molecule has 2 saturated heterocycles. The molecule has 3 aromatic carbocycles. The fraction of sp³-hybridized carbons (Fsp3) is 0.424. The van der Waals surface area contributed by atoms with Crippen molar-refractivity contribution >= 4 is 29.2 Å². The Kier molecular flexibility index (Phi) is 8.22. The first-order valence-electron chi connectivity index (χ1n) is 15.2. The quantitative estimate of drug-likeness (QED) is 0.266. The van der Waals surface area contributed by atoms with Gasteiger partial charge in [0.2, 0.25) is 0 Å². The Labute approximate surface area is 264 Å². The number of benzene rings is 3. The Bertz CT molecular complexity index is 1660. The molecule has 12 heteroatoms. The van der Waals surface area contributed by atoms with Crippen LogP contribution in [-0.4, -0.2) is 75.4 Å². The van der Waals surface area contributed by atoms with Gasteiger partial charge in [-0.2, -0.15) is 8.42 Å². The van der Waals surface area contributed by atoms with Crippen molar-refractivity contribution in [2.45, 2.75) is 58.3 Å². The molecule has 0 radical (unpaired) electrons. The van der Waals surface area contributed by atoms with Gasteiger partial charge < -0.3 is 23.1 Å². The van der Waals surface area contributed by atoms with Gasteiger partial charge in [-0.1, -0.05) is 52.4 Å². The molecule has 1 aliphatic carbocycles. The van der Waals surface area contributed by atoms with Crippen LogP contribution in [0.25, 0.3) is 11.1 Å². The van der Waals surface area contributed by atoms with Gasteiger partial charge in [-0.3, -0.25) is 4.90 Å². The van der Waals surface area contributed by atoms with E-state index < -0.39 is 28.8 Å². The lowest BCUT2D eigenvalue weighted by molar-refractivity contribution is 0.00578. The number of hydrogen-bond acceptors (Lipinski definition) is 8. The van der Waals surface area contributed by atoms with Crippen molar-refractivity contribution in [3.8, 4) is 16.9 Å². The van der Waals surface area contributed by atoms with E-state index in [9.17, 15) is 17.1 Å². The summed E-state index contributed by atoms with van der Waals surface area (Å²) >= 11 is 0. The number of carbonyl (C=O) groups excluding carboxylic acids is 1. The standard InChI is InChI=1S/C33H38BFN2O7S/c1-22-23(18-24(42-45(35,39)40)19-30(22)34-43-32(2,3)33(4,5)44-34)20-36-14-16-37(17-15-36)31(38)41-21-29-27-12-8-6-10-25(27)26-11-7-9-13-28(26)29/h6-13,18-19,29H,14-17,20-21H2,1-5H3. The molecule has 0 N–H and O–H groups in total. The van der Waals surface area contributed by atoms with Gasteiger partial charge in [0.1, 0.15) is 12.4 Å². The number of amides is 1. The Morgan fingerprint density at radius 2 is 1.49 bits per heavy atom. The zero-order chi connectivity index (χ0) is 32.1. The molecule has 0 aromatic heterocycles. The van der Waals surface area contributed by atoms with Crippen molar-refractivity contribution in [2.75, 3.05) is 32.8 Å². The molecule has 2 aliphatic heterocycles. The van der Waals surface area contributed by atoms with Crippen LogP contribution in [0.1, 0.15) is 55.9 Å². The highest BCUT2D eigenvalue weighted by Gasteiger charge is 2.52. The number of piperazine rings is 1. The SMILES string of the molecule is Cc1c(CN2CCN(C(=O)OCC3c4ccccc4-c4ccccc43)CC2)cc(OS(=O)(=O)F)cc1B1OC(C)(C)C(C)(C)O1. The monoisotopic (exact) mass is 636 g/mol. The van der Waals surface area contributed by atoms with Crippen LogP contribution in [0.5, 0.6) is 5.75 Å². The summed E-state index contributed by atoms with van der Waals surface area (Å²) in [6.07, 6.45) is -0.348. The average Bonchev–Trinajstić information content (AvgIpc) is 3.41. The van der Waals surface area contributed by atoms with Crippen molar-refractivity contribution in [1.82, 2.24) is 9.80 Å². The van der Waals surface area contributed by atoms with Crippen LogP contribution in [0.15, 0.2) is 60.7 Å². The Morgan fingerprint density at radius 3 is 2.04 bits per heavy atom. The predicted molar refractivity (Wildman–Crippen MR) is 169 cm³/mol. The smallest absolute Gasteiger partial charge is 0.448 e. The van der Waals surface area contributed by atoms with Crippen molar-refractivity contribution < 1.29 is 35.3 Å². The highest BCUT2D eigenvalue weighted by atomic mass is 32.3. The van der Waals surface area contributed by atoms with E-state index in [-0.39, 0.29) is 24.4 Å². The van der Waals surface area contributed by atoms with Crippen molar-refractivity contribution in [3.63, 3.8) is 0 Å². The molecule has 3 aromatic rings. The average molecular weight is 637 g/mol. The molecule has 3 aliphatic rings. The minimum Gasteiger partial charge on any atom is -0.448 e. The molecular weight excluding hydrogens is 598 g/mol. The van der Waals surface area contributed by atoms with Crippen molar-refractivity contribution in [2.24, 2.45) is 0 Å². The maximum absolute atomic E-state index is 13.6. The molecular formula is C33H38BFN2O7S. The van der Waals surface area contributed by atoms with Gasteiger partial charge in [-0.05, 0) is 85.6 Å². The number of fused-ring (bicyclic) bond motifs is 3. The molecule has 0 unspecified atom stereocenters. The number of hydrogen-bond donors (Lipinski definition) is 0. The van der Waals surface area contributed by atoms with Crippen LogP contribution in [0.2, 0.25) is 0 Å². The Morgan fingerprint density at radius 1 is 0.933 bits per heavy atom. The first-order chi connectivity index (χ1) is 21.2. The van der Waals surface area contributed by atoms with Gasteiger partial charge in [-0.15, -0.1) is 0 Å². The maximum atomic E-state index is 13.6. The lowest BCUT2D eigenvalue weighted by atomic mass is 9.75. The summed E-state index contributed by atoms with van der Waals surface area (Å²) in [7, 11) is -6.03. The molecule has 9 nitrogen and oxygen atoms in total. The van der Waals surface area contributed by atoms with E-state index in [2.05, 4.69) is 33.3 Å². The topological polar surface area (TPSA) is 94.6 Å². The van der Waals surface area contributed by atoms with Gasteiger partial charge in [0, 0.05) is 38.6 Å². The lowest BCUT2D eigenvalue weighted by Crippen LogP contribution is -2.48. The Balaban J connectivity index is 1.11. The molecule has 2 heterocycles. The van der Waals surface area contributed by atoms with E-state index >= 15 is 0 Å². The third kappa shape index (κ3) is 6.33. The van der Waals surface area contributed by atoms with Gasteiger partial charge in [0.25, 0.3) is 0 Å². The van der Waals surface area contributed by atoms with E-state index in [1.165, 1.54) is 34.4 Å². The van der Waals surface area contributed by atoms with Crippen molar-refractivity contribution in [1.29, 1.82) is 0 Å². The van der Waals surface area contributed by atoms with Gasteiger partial charge in [-0.25, -0.2) is 4.79 Å². The molecule has 45 heavy (non-hydrogen) atoms. The van der Waals surface area contributed by atoms with Crippen LogP contribution < -0.4 is 9.65 Å². The van der Waals surface area contributed by atoms with Crippen LogP contribution in [0, 0.1) is 6.92 Å². The summed E-state index contributed by atoms with van der Waals surface area (Å²) in [5.74, 6) is -0.161. The number of nitrogens with zero attached hydrogens (tertiary/aromatic N) is 2. The van der Waals surface area contributed by atoms with Crippen LogP contribution >= 0.6 is 0 Å². The summed E-state index contributed by atoms with van der Waals surface area (Å²) in [6.45, 7) is 12.4. The third-order valence-electron chi connectivity index (χ3n) is 9.59. The molecule has 1 amide bonds. The fourth-order valence-electron chi connectivity index (χ4n) is 6.33. The van der Waals surface area contributed by atoms with Crippen molar-refractivity contribution in [3.05, 3.63) is 82.9 Å². The molecule has 2 fully saturated rings. The second-order valence-corrected chi connectivity index (χ2v) is 13.9. The molecule has 0 saturated carbocycles. The van der Waals surface area contributed by atoms with Crippen LogP contribution in [0.3, 0.4) is 0 Å². The summed E-state index contributed by atoms with van der Waals surface area (Å²) in [4.78, 5) is 17.0. The summed E-state index contributed by atoms with van der Waals surface area (Å²) in [5.41, 5.74) is 5.59. The van der Waals surface area contributed by atoms with E-state index in [1.807, 2.05) is 58.9 Å².